The van der Waals surface area contributed by atoms with Gasteiger partial charge in [-0.05, 0) is 46.6 Å². The Morgan fingerprint density at radius 2 is 1.71 bits per heavy atom. The van der Waals surface area contributed by atoms with E-state index in [1.165, 1.54) is 0 Å². The molecule has 1 N–H and O–H groups in total. The summed E-state index contributed by atoms with van der Waals surface area (Å²) in [6, 6.07) is 21.7. The van der Waals surface area contributed by atoms with Crippen LogP contribution in [0.15, 0.2) is 66.7 Å². The fraction of sp³-hybridized carbons (Fsp3) is 0.400. The maximum Gasteiger partial charge on any atom is 0.264 e. The second-order valence-electron chi connectivity index (χ2n) is 10.6. The number of anilines is 1. The average Bonchev–Trinajstić information content (AvgIpc) is 3.07. The number of carbonyl (C=O) groups excluding carboxylic acids is 2. The van der Waals surface area contributed by atoms with Gasteiger partial charge in [0.15, 0.2) is 5.60 Å². The first kappa shape index (κ1) is 22.8. The van der Waals surface area contributed by atoms with Crippen molar-refractivity contribution in [2.24, 2.45) is 17.3 Å². The minimum atomic E-state index is -1.82. The quantitative estimate of drug-likeness (QED) is 0.514. The summed E-state index contributed by atoms with van der Waals surface area (Å²) in [5.41, 5.74) is 0.520. The first-order valence-corrected chi connectivity index (χ1v) is 12.4. The van der Waals surface area contributed by atoms with Gasteiger partial charge >= 0.3 is 0 Å². The minimum Gasteiger partial charge on any atom is -0.375 e. The van der Waals surface area contributed by atoms with Crippen molar-refractivity contribution < 1.29 is 14.7 Å². The molecule has 0 unspecified atom stereocenters. The van der Waals surface area contributed by atoms with E-state index in [-0.39, 0.29) is 23.0 Å². The molecule has 34 heavy (non-hydrogen) atoms. The molecule has 0 aromatic heterocycles. The summed E-state index contributed by atoms with van der Waals surface area (Å²) < 4.78 is 0. The number of fused-ring (bicyclic) bond motifs is 2. The summed E-state index contributed by atoms with van der Waals surface area (Å²) in [5.74, 6) is -0.810. The normalized spacial score (nSPS) is 25.1. The number of carbonyl (C=O) groups is 2. The van der Waals surface area contributed by atoms with E-state index in [0.29, 0.717) is 30.6 Å². The molecule has 3 aromatic rings. The van der Waals surface area contributed by atoms with E-state index >= 15 is 0 Å². The van der Waals surface area contributed by atoms with Crippen LogP contribution in [-0.2, 0) is 21.7 Å². The zero-order chi connectivity index (χ0) is 24.1. The molecular weight excluding hydrogens is 422 g/mol. The zero-order valence-corrected chi connectivity index (χ0v) is 20.3. The van der Waals surface area contributed by atoms with Crippen LogP contribution in [0, 0.1) is 17.3 Å². The Bertz CT molecular complexity index is 1260. The third-order valence-electron chi connectivity index (χ3n) is 8.55. The third-order valence-corrected chi connectivity index (χ3v) is 8.55. The van der Waals surface area contributed by atoms with Gasteiger partial charge < -0.3 is 10.0 Å². The predicted octanol–water partition coefficient (Wildman–Crippen LogP) is 6.00. The van der Waals surface area contributed by atoms with E-state index in [4.69, 9.17) is 0 Å². The molecule has 0 spiro atoms. The van der Waals surface area contributed by atoms with Gasteiger partial charge in [0.1, 0.15) is 5.78 Å². The number of rotatable bonds is 5. The molecule has 1 amide bonds. The van der Waals surface area contributed by atoms with Crippen molar-refractivity contribution >= 4 is 28.2 Å². The summed E-state index contributed by atoms with van der Waals surface area (Å²) in [7, 11) is 0. The number of ketones is 1. The lowest BCUT2D eigenvalue weighted by Crippen LogP contribution is -2.51. The maximum atomic E-state index is 14.0. The molecule has 0 radical (unpaired) electrons. The summed E-state index contributed by atoms with van der Waals surface area (Å²) in [6.45, 7) is 6.98. The van der Waals surface area contributed by atoms with Gasteiger partial charge in [0.05, 0.1) is 18.2 Å². The third kappa shape index (κ3) is 3.47. The number of aliphatic hydroxyl groups is 1. The van der Waals surface area contributed by atoms with Crippen molar-refractivity contribution in [2.75, 3.05) is 4.90 Å². The monoisotopic (exact) mass is 455 g/mol. The average molecular weight is 456 g/mol. The second kappa shape index (κ2) is 8.35. The Morgan fingerprint density at radius 1 is 1.00 bits per heavy atom. The molecule has 4 nitrogen and oxygen atoms in total. The lowest BCUT2D eigenvalue weighted by molar-refractivity contribution is -0.155. The lowest BCUT2D eigenvalue weighted by Gasteiger charge is -2.42. The van der Waals surface area contributed by atoms with Gasteiger partial charge in [-0.1, -0.05) is 87.9 Å². The molecular formula is C30H33NO3. The van der Waals surface area contributed by atoms with Crippen LogP contribution < -0.4 is 4.90 Å². The van der Waals surface area contributed by atoms with Crippen LogP contribution >= 0.6 is 0 Å². The van der Waals surface area contributed by atoms with Gasteiger partial charge in [-0.15, -0.1) is 0 Å². The molecule has 1 aliphatic carbocycles. The van der Waals surface area contributed by atoms with Crippen molar-refractivity contribution in [3.63, 3.8) is 0 Å². The fourth-order valence-electron chi connectivity index (χ4n) is 5.98. The number of benzene rings is 3. The molecule has 0 bridgehead atoms. The fourth-order valence-corrected chi connectivity index (χ4v) is 5.98. The smallest absolute Gasteiger partial charge is 0.264 e. The molecule has 0 saturated heterocycles. The molecule has 1 saturated carbocycles. The van der Waals surface area contributed by atoms with Crippen molar-refractivity contribution in [2.45, 2.75) is 58.6 Å². The van der Waals surface area contributed by atoms with E-state index < -0.39 is 11.5 Å². The van der Waals surface area contributed by atoms with Crippen LogP contribution in [0.25, 0.3) is 10.8 Å². The summed E-state index contributed by atoms with van der Waals surface area (Å²) >= 11 is 0. The van der Waals surface area contributed by atoms with Crippen LogP contribution in [0.3, 0.4) is 0 Å². The Balaban J connectivity index is 1.56. The van der Waals surface area contributed by atoms with E-state index in [1.807, 2.05) is 48.5 Å². The number of para-hydroxylation sites is 1. The molecule has 3 atom stereocenters. The van der Waals surface area contributed by atoms with Crippen molar-refractivity contribution in [3.05, 3.63) is 77.9 Å². The van der Waals surface area contributed by atoms with Gasteiger partial charge in [0, 0.05) is 12.0 Å². The maximum absolute atomic E-state index is 14.0. The SMILES string of the molecule is CCC(C)(C)[C@@H]1CCC(=O)[C@@H]([C@@]2(O)C(=O)N(Cc3cccc4ccccc34)c3ccccc32)C1. The zero-order valence-electron chi connectivity index (χ0n) is 20.3. The van der Waals surface area contributed by atoms with Crippen molar-refractivity contribution in [3.8, 4) is 0 Å². The number of Topliss-reactive ketones (excluding diaryl/α,β-unsaturated/α-hetero) is 1. The number of amides is 1. The lowest BCUT2D eigenvalue weighted by atomic mass is 9.62. The molecule has 1 heterocycles. The summed E-state index contributed by atoms with van der Waals surface area (Å²) in [5, 5.41) is 14.3. The highest BCUT2D eigenvalue weighted by Crippen LogP contribution is 2.52. The van der Waals surface area contributed by atoms with Crippen LogP contribution in [0.1, 0.15) is 57.6 Å². The highest BCUT2D eigenvalue weighted by atomic mass is 16.3. The van der Waals surface area contributed by atoms with Crippen molar-refractivity contribution in [1.82, 2.24) is 0 Å². The highest BCUT2D eigenvalue weighted by molar-refractivity contribution is 6.10. The van der Waals surface area contributed by atoms with E-state index in [1.54, 1.807) is 4.90 Å². The van der Waals surface area contributed by atoms with E-state index in [2.05, 4.69) is 39.0 Å². The number of hydrogen-bond acceptors (Lipinski definition) is 3. The van der Waals surface area contributed by atoms with Crippen LogP contribution in [-0.4, -0.2) is 16.8 Å². The predicted molar refractivity (Wildman–Crippen MR) is 135 cm³/mol. The Morgan fingerprint density at radius 3 is 2.50 bits per heavy atom. The standard InChI is InChI=1S/C30H33NO3/c1-4-29(2,3)22-16-17-27(32)25(18-22)30(34)24-14-7-8-15-26(24)31(28(30)33)19-21-12-9-11-20-10-5-6-13-23(20)21/h5-15,22,25,34H,4,16-19H2,1-3H3/t22-,25+,30-/m1/s1. The van der Waals surface area contributed by atoms with Crippen molar-refractivity contribution in [1.29, 1.82) is 0 Å². The Kier molecular flexibility index (Phi) is 5.60. The van der Waals surface area contributed by atoms with E-state index in [0.717, 1.165) is 29.2 Å². The molecule has 3 aromatic carbocycles. The van der Waals surface area contributed by atoms with Gasteiger partial charge in [-0.3, -0.25) is 9.59 Å². The molecule has 1 aliphatic heterocycles. The molecule has 4 heteroatoms. The Hall–Kier alpha value is -2.98. The first-order valence-electron chi connectivity index (χ1n) is 12.4. The van der Waals surface area contributed by atoms with Crippen LogP contribution in [0.5, 0.6) is 0 Å². The summed E-state index contributed by atoms with van der Waals surface area (Å²) in [4.78, 5) is 28.9. The van der Waals surface area contributed by atoms with Crippen LogP contribution in [0.2, 0.25) is 0 Å². The van der Waals surface area contributed by atoms with Gasteiger partial charge in [-0.25, -0.2) is 0 Å². The highest BCUT2D eigenvalue weighted by Gasteiger charge is 2.58. The minimum absolute atomic E-state index is 0.000757. The molecule has 176 valence electrons. The Labute approximate surface area is 201 Å². The van der Waals surface area contributed by atoms with Gasteiger partial charge in [0.2, 0.25) is 0 Å². The largest absolute Gasteiger partial charge is 0.375 e. The molecule has 5 rings (SSSR count). The topological polar surface area (TPSA) is 57.6 Å². The van der Waals surface area contributed by atoms with E-state index in [9.17, 15) is 14.7 Å². The summed E-state index contributed by atoms with van der Waals surface area (Å²) in [6.07, 6.45) is 2.77. The first-order chi connectivity index (χ1) is 16.3. The van der Waals surface area contributed by atoms with Gasteiger partial charge in [-0.2, -0.15) is 0 Å². The second-order valence-corrected chi connectivity index (χ2v) is 10.6. The molecule has 2 aliphatic rings. The van der Waals surface area contributed by atoms with Crippen LogP contribution in [0.4, 0.5) is 5.69 Å². The molecule has 1 fully saturated rings. The number of nitrogens with zero attached hydrogens (tertiary/aromatic N) is 1. The van der Waals surface area contributed by atoms with Gasteiger partial charge in [0.25, 0.3) is 5.91 Å². The number of hydrogen-bond donors (Lipinski definition) is 1.